The Kier molecular flexibility index (Phi) is 3.90. The topological polar surface area (TPSA) is 53.1 Å². The summed E-state index contributed by atoms with van der Waals surface area (Å²) in [5, 5.41) is 4.49. The van der Waals surface area contributed by atoms with Crippen LogP contribution in [0.25, 0.3) is 11.3 Å². The third-order valence-corrected chi connectivity index (χ3v) is 3.35. The maximum atomic E-state index is 5.68. The van der Waals surface area contributed by atoms with Gasteiger partial charge in [0.15, 0.2) is 0 Å². The van der Waals surface area contributed by atoms with Crippen molar-refractivity contribution >= 4 is 0 Å². The van der Waals surface area contributed by atoms with Gasteiger partial charge in [0.1, 0.15) is 5.75 Å². The Hall–Kier alpha value is -1.81. The number of hydrogen-bond donors (Lipinski definition) is 1. The van der Waals surface area contributed by atoms with Crippen LogP contribution in [0, 0.1) is 0 Å². The van der Waals surface area contributed by atoms with Crippen LogP contribution >= 0.6 is 0 Å². The molecule has 0 saturated heterocycles. The van der Waals surface area contributed by atoms with Crippen molar-refractivity contribution in [2.75, 3.05) is 7.11 Å². The van der Waals surface area contributed by atoms with Crippen molar-refractivity contribution in [2.45, 2.75) is 26.3 Å². The number of aryl methyl sites for hydroxylation is 1. The maximum Gasteiger partial charge on any atom is 0.128 e. The zero-order valence-corrected chi connectivity index (χ0v) is 12.0. The Labute approximate surface area is 114 Å². The van der Waals surface area contributed by atoms with Gasteiger partial charge in [-0.3, -0.25) is 4.68 Å². The Morgan fingerprint density at radius 1 is 1.32 bits per heavy atom. The van der Waals surface area contributed by atoms with Gasteiger partial charge in [0.2, 0.25) is 0 Å². The zero-order chi connectivity index (χ0) is 14.0. The Morgan fingerprint density at radius 3 is 2.58 bits per heavy atom. The van der Waals surface area contributed by atoms with E-state index in [0.717, 1.165) is 22.7 Å². The second kappa shape index (κ2) is 5.45. The Morgan fingerprint density at radius 2 is 2.05 bits per heavy atom. The van der Waals surface area contributed by atoms with Gasteiger partial charge >= 0.3 is 0 Å². The van der Waals surface area contributed by atoms with Crippen LogP contribution in [0.5, 0.6) is 5.75 Å². The summed E-state index contributed by atoms with van der Waals surface area (Å²) in [4.78, 5) is 0. The van der Waals surface area contributed by atoms with Crippen molar-refractivity contribution in [1.29, 1.82) is 0 Å². The molecular weight excluding hydrogens is 238 g/mol. The lowest BCUT2D eigenvalue weighted by Crippen LogP contribution is -2.03. The van der Waals surface area contributed by atoms with Gasteiger partial charge < -0.3 is 10.5 Å². The molecular formula is C15H21N3O. The van der Waals surface area contributed by atoms with Crippen LogP contribution in [0.4, 0.5) is 0 Å². The van der Waals surface area contributed by atoms with E-state index in [1.54, 1.807) is 7.11 Å². The second-order valence-electron chi connectivity index (χ2n) is 4.96. The van der Waals surface area contributed by atoms with Gasteiger partial charge in [0.25, 0.3) is 0 Å². The van der Waals surface area contributed by atoms with Crippen LogP contribution in [0.1, 0.15) is 31.0 Å². The summed E-state index contributed by atoms with van der Waals surface area (Å²) < 4.78 is 7.30. The van der Waals surface area contributed by atoms with Gasteiger partial charge in [-0.15, -0.1) is 0 Å². The molecule has 4 heteroatoms. The normalized spacial score (nSPS) is 11.1. The van der Waals surface area contributed by atoms with Crippen LogP contribution in [-0.4, -0.2) is 16.9 Å². The van der Waals surface area contributed by atoms with Crippen molar-refractivity contribution in [2.24, 2.45) is 12.8 Å². The first kappa shape index (κ1) is 13.6. The van der Waals surface area contributed by atoms with Crippen molar-refractivity contribution in [3.05, 3.63) is 35.5 Å². The quantitative estimate of drug-likeness (QED) is 0.918. The summed E-state index contributed by atoms with van der Waals surface area (Å²) in [5.41, 5.74) is 9.85. The van der Waals surface area contributed by atoms with Crippen LogP contribution in [0.2, 0.25) is 0 Å². The summed E-state index contributed by atoms with van der Waals surface area (Å²) in [7, 11) is 3.59. The summed E-state index contributed by atoms with van der Waals surface area (Å²) >= 11 is 0. The molecule has 0 aliphatic rings. The first-order valence-electron chi connectivity index (χ1n) is 6.48. The Bertz CT molecular complexity index is 573. The molecule has 0 fully saturated rings. The van der Waals surface area contributed by atoms with E-state index >= 15 is 0 Å². The molecule has 0 aliphatic heterocycles. The minimum Gasteiger partial charge on any atom is -0.496 e. The standard InChI is InChI=1S/C15H21N3O/c1-10(2)11-5-6-13(15(7-11)19-4)14-8-12(9-16)18(3)17-14/h5-8,10H,9,16H2,1-4H3. The molecule has 0 amide bonds. The molecule has 102 valence electrons. The highest BCUT2D eigenvalue weighted by molar-refractivity contribution is 5.68. The molecule has 2 N–H and O–H groups in total. The van der Waals surface area contributed by atoms with Gasteiger partial charge in [-0.2, -0.15) is 5.10 Å². The van der Waals surface area contributed by atoms with Gasteiger partial charge in [-0.1, -0.05) is 19.9 Å². The van der Waals surface area contributed by atoms with Crippen molar-refractivity contribution < 1.29 is 4.74 Å². The first-order valence-corrected chi connectivity index (χ1v) is 6.48. The SMILES string of the molecule is COc1cc(C(C)C)ccc1-c1cc(CN)n(C)n1. The van der Waals surface area contributed by atoms with E-state index in [1.165, 1.54) is 5.56 Å². The molecule has 2 rings (SSSR count). The Balaban J connectivity index is 2.48. The van der Waals surface area contributed by atoms with Gasteiger partial charge in [-0.25, -0.2) is 0 Å². The lowest BCUT2D eigenvalue weighted by molar-refractivity contribution is 0.415. The van der Waals surface area contributed by atoms with Crippen LogP contribution < -0.4 is 10.5 Å². The molecule has 1 aromatic carbocycles. The third kappa shape index (κ3) is 2.63. The summed E-state index contributed by atoms with van der Waals surface area (Å²) in [6.45, 7) is 4.82. The summed E-state index contributed by atoms with van der Waals surface area (Å²) in [6, 6.07) is 8.28. The molecule has 1 heterocycles. The molecule has 0 spiro atoms. The summed E-state index contributed by atoms with van der Waals surface area (Å²) in [5.74, 6) is 1.33. The predicted molar refractivity (Wildman–Crippen MR) is 77.2 cm³/mol. The van der Waals surface area contributed by atoms with Crippen LogP contribution in [0.15, 0.2) is 24.3 Å². The number of nitrogens with zero attached hydrogens (tertiary/aromatic N) is 2. The highest BCUT2D eigenvalue weighted by Crippen LogP contribution is 2.32. The van der Waals surface area contributed by atoms with Crippen molar-refractivity contribution in [1.82, 2.24) is 9.78 Å². The number of benzene rings is 1. The van der Waals surface area contributed by atoms with E-state index < -0.39 is 0 Å². The first-order chi connectivity index (χ1) is 9.06. The lowest BCUT2D eigenvalue weighted by atomic mass is 10.00. The molecule has 0 atom stereocenters. The maximum absolute atomic E-state index is 5.68. The molecule has 0 aliphatic carbocycles. The molecule has 2 aromatic rings. The van der Waals surface area contributed by atoms with Crippen LogP contribution in [-0.2, 0) is 13.6 Å². The molecule has 0 radical (unpaired) electrons. The molecule has 19 heavy (non-hydrogen) atoms. The summed E-state index contributed by atoms with van der Waals surface area (Å²) in [6.07, 6.45) is 0. The number of nitrogens with two attached hydrogens (primary N) is 1. The third-order valence-electron chi connectivity index (χ3n) is 3.35. The highest BCUT2D eigenvalue weighted by Gasteiger charge is 2.12. The average Bonchev–Trinajstić information content (AvgIpc) is 2.78. The lowest BCUT2D eigenvalue weighted by Gasteiger charge is -2.11. The smallest absolute Gasteiger partial charge is 0.128 e. The zero-order valence-electron chi connectivity index (χ0n) is 12.0. The predicted octanol–water partition coefficient (Wildman–Crippen LogP) is 2.68. The van der Waals surface area contributed by atoms with E-state index in [4.69, 9.17) is 10.5 Å². The molecule has 0 saturated carbocycles. The monoisotopic (exact) mass is 259 g/mol. The highest BCUT2D eigenvalue weighted by atomic mass is 16.5. The van der Waals surface area contributed by atoms with E-state index in [2.05, 4.69) is 37.1 Å². The number of aromatic nitrogens is 2. The van der Waals surface area contributed by atoms with E-state index in [-0.39, 0.29) is 0 Å². The number of methoxy groups -OCH3 is 1. The second-order valence-corrected chi connectivity index (χ2v) is 4.96. The van der Waals surface area contributed by atoms with Gasteiger partial charge in [0, 0.05) is 19.2 Å². The van der Waals surface area contributed by atoms with E-state index in [1.807, 2.05) is 17.8 Å². The van der Waals surface area contributed by atoms with Crippen LogP contribution in [0.3, 0.4) is 0 Å². The largest absolute Gasteiger partial charge is 0.496 e. The van der Waals surface area contributed by atoms with Crippen molar-refractivity contribution in [3.8, 4) is 17.0 Å². The molecule has 4 nitrogen and oxygen atoms in total. The number of hydrogen-bond acceptors (Lipinski definition) is 3. The molecule has 0 unspecified atom stereocenters. The van der Waals surface area contributed by atoms with E-state index in [9.17, 15) is 0 Å². The van der Waals surface area contributed by atoms with Crippen molar-refractivity contribution in [3.63, 3.8) is 0 Å². The minimum absolute atomic E-state index is 0.478. The number of rotatable bonds is 4. The minimum atomic E-state index is 0.478. The average molecular weight is 259 g/mol. The fourth-order valence-corrected chi connectivity index (χ4v) is 2.11. The van der Waals surface area contributed by atoms with E-state index in [0.29, 0.717) is 12.5 Å². The number of ether oxygens (including phenoxy) is 1. The fourth-order valence-electron chi connectivity index (χ4n) is 2.11. The van der Waals surface area contributed by atoms with Gasteiger partial charge in [0.05, 0.1) is 18.5 Å². The molecule has 1 aromatic heterocycles. The fraction of sp³-hybridized carbons (Fsp3) is 0.400. The van der Waals surface area contributed by atoms with Gasteiger partial charge in [-0.05, 0) is 29.7 Å². The molecule has 0 bridgehead atoms.